The zero-order valence-electron chi connectivity index (χ0n) is 16.3. The molecule has 2 atom stereocenters. The molecule has 1 aliphatic rings. The van der Waals surface area contributed by atoms with Crippen LogP contribution in [0.4, 0.5) is 4.79 Å². The van der Waals surface area contributed by atoms with E-state index in [0.29, 0.717) is 6.54 Å². The number of carbonyl (C=O) groups excluding carboxylic acids is 1. The second-order valence-electron chi connectivity index (χ2n) is 7.36. The molecule has 0 aliphatic carbocycles. The number of nitrogens with one attached hydrogen (secondary N) is 2. The Morgan fingerprint density at radius 2 is 2.00 bits per heavy atom. The van der Waals surface area contributed by atoms with Crippen molar-refractivity contribution in [3.63, 3.8) is 0 Å². The lowest BCUT2D eigenvalue weighted by Gasteiger charge is -2.43. The quantitative estimate of drug-likeness (QED) is 0.831. The third-order valence-electron chi connectivity index (χ3n) is 5.41. The normalized spacial score (nSPS) is 19.1. The fraction of sp³-hybridized carbons (Fsp3) is 0.650. The Morgan fingerprint density at radius 3 is 2.64 bits per heavy atom. The monoisotopic (exact) mass is 347 g/mol. The molecule has 0 unspecified atom stereocenters. The van der Waals surface area contributed by atoms with Crippen LogP contribution >= 0.6 is 0 Å². The van der Waals surface area contributed by atoms with Gasteiger partial charge in [0.15, 0.2) is 0 Å². The van der Waals surface area contributed by atoms with Crippen LogP contribution in [-0.4, -0.2) is 49.3 Å². The molecule has 0 aromatic heterocycles. The van der Waals surface area contributed by atoms with Gasteiger partial charge in [-0.25, -0.2) is 4.79 Å². The molecule has 1 saturated heterocycles. The summed E-state index contributed by atoms with van der Waals surface area (Å²) in [5, 5.41) is 6.14. The summed E-state index contributed by atoms with van der Waals surface area (Å²) in [6.45, 7) is 14.6. The number of ether oxygens (including phenoxy) is 1. The zero-order chi connectivity index (χ0) is 18.4. The predicted molar refractivity (Wildman–Crippen MR) is 102 cm³/mol. The van der Waals surface area contributed by atoms with E-state index in [1.165, 1.54) is 16.7 Å². The Bertz CT molecular complexity index is 584. The van der Waals surface area contributed by atoms with Gasteiger partial charge in [0.2, 0.25) is 0 Å². The number of amides is 2. The minimum atomic E-state index is -0.110. The maximum absolute atomic E-state index is 12.4. The molecule has 1 aromatic carbocycles. The van der Waals surface area contributed by atoms with Crippen LogP contribution in [0.2, 0.25) is 0 Å². The summed E-state index contributed by atoms with van der Waals surface area (Å²) in [6, 6.07) is 6.22. The Morgan fingerprint density at radius 1 is 1.32 bits per heavy atom. The van der Waals surface area contributed by atoms with E-state index in [2.05, 4.69) is 61.4 Å². The molecule has 5 heteroatoms. The minimum Gasteiger partial charge on any atom is -0.379 e. The minimum absolute atomic E-state index is 0.0174. The number of morpholine rings is 1. The van der Waals surface area contributed by atoms with E-state index in [1.807, 2.05) is 6.92 Å². The van der Waals surface area contributed by atoms with Crippen molar-refractivity contribution in [1.82, 2.24) is 15.5 Å². The highest BCUT2D eigenvalue weighted by molar-refractivity contribution is 5.74. The van der Waals surface area contributed by atoms with E-state index in [9.17, 15) is 4.79 Å². The van der Waals surface area contributed by atoms with E-state index in [4.69, 9.17) is 4.74 Å². The van der Waals surface area contributed by atoms with Crippen LogP contribution < -0.4 is 10.6 Å². The number of aryl methyl sites for hydroxylation is 2. The van der Waals surface area contributed by atoms with Crippen LogP contribution in [0, 0.1) is 13.8 Å². The highest BCUT2D eigenvalue weighted by Gasteiger charge is 2.31. The summed E-state index contributed by atoms with van der Waals surface area (Å²) in [4.78, 5) is 14.8. The third-order valence-corrected chi connectivity index (χ3v) is 5.41. The van der Waals surface area contributed by atoms with Crippen molar-refractivity contribution >= 4 is 6.03 Å². The molecule has 0 spiro atoms. The van der Waals surface area contributed by atoms with Gasteiger partial charge in [0.05, 0.1) is 19.3 Å². The van der Waals surface area contributed by atoms with Crippen molar-refractivity contribution in [2.45, 2.75) is 52.6 Å². The van der Waals surface area contributed by atoms with Gasteiger partial charge in [0, 0.05) is 25.2 Å². The Hall–Kier alpha value is -1.59. The van der Waals surface area contributed by atoms with E-state index in [0.717, 1.165) is 32.7 Å². The van der Waals surface area contributed by atoms with E-state index >= 15 is 0 Å². The molecular weight excluding hydrogens is 314 g/mol. The average molecular weight is 348 g/mol. The molecule has 2 amide bonds. The fourth-order valence-corrected chi connectivity index (χ4v) is 3.39. The number of carbonyl (C=O) groups is 1. The van der Waals surface area contributed by atoms with Gasteiger partial charge < -0.3 is 15.4 Å². The number of hydrogen-bond acceptors (Lipinski definition) is 3. The van der Waals surface area contributed by atoms with Gasteiger partial charge in [0.25, 0.3) is 0 Å². The summed E-state index contributed by atoms with van der Waals surface area (Å²) in [5.41, 5.74) is 3.54. The molecule has 5 nitrogen and oxygen atoms in total. The number of benzene rings is 1. The van der Waals surface area contributed by atoms with Crippen molar-refractivity contribution < 1.29 is 9.53 Å². The molecule has 1 aromatic rings. The highest BCUT2D eigenvalue weighted by Crippen LogP contribution is 2.21. The molecule has 1 fully saturated rings. The van der Waals surface area contributed by atoms with Gasteiger partial charge in [0.1, 0.15) is 0 Å². The molecular formula is C20H33N3O2. The first kappa shape index (κ1) is 19.7. The van der Waals surface area contributed by atoms with Crippen molar-refractivity contribution in [3.8, 4) is 0 Å². The van der Waals surface area contributed by atoms with Crippen LogP contribution in [0.3, 0.4) is 0 Å². The number of nitrogens with zero attached hydrogens (tertiary/aromatic N) is 1. The van der Waals surface area contributed by atoms with Crippen LogP contribution in [-0.2, 0) is 4.74 Å². The predicted octanol–water partition coefficient (Wildman–Crippen LogP) is 3.16. The van der Waals surface area contributed by atoms with Crippen LogP contribution in [0.5, 0.6) is 0 Å². The fourth-order valence-electron chi connectivity index (χ4n) is 3.39. The van der Waals surface area contributed by atoms with Gasteiger partial charge >= 0.3 is 6.03 Å². The molecule has 0 bridgehead atoms. The Kier molecular flexibility index (Phi) is 6.85. The lowest BCUT2D eigenvalue weighted by Crippen LogP contribution is -2.57. The molecule has 1 heterocycles. The summed E-state index contributed by atoms with van der Waals surface area (Å²) in [5.74, 6) is 0. The lowest BCUT2D eigenvalue weighted by atomic mass is 9.95. The van der Waals surface area contributed by atoms with Crippen molar-refractivity contribution in [1.29, 1.82) is 0 Å². The van der Waals surface area contributed by atoms with Gasteiger partial charge in [-0.3, -0.25) is 4.90 Å². The molecule has 2 rings (SSSR count). The molecule has 0 saturated carbocycles. The first-order valence-electron chi connectivity index (χ1n) is 9.30. The van der Waals surface area contributed by atoms with E-state index in [-0.39, 0.29) is 17.6 Å². The number of rotatable bonds is 6. The van der Waals surface area contributed by atoms with Gasteiger partial charge in [-0.1, -0.05) is 30.7 Å². The summed E-state index contributed by atoms with van der Waals surface area (Å²) in [6.07, 6.45) is 0.986. The van der Waals surface area contributed by atoms with Crippen molar-refractivity contribution in [2.24, 2.45) is 0 Å². The standard InChI is InChI=1S/C20H33N3O2/c1-6-20(5,23-9-11-25-12-10-23)14-21-19(24)22-17(4)18-13-15(2)7-8-16(18)3/h7-8,13,17H,6,9-12,14H2,1-5H3,(H2,21,22,24)/t17-,20+/m1/s1. The second kappa shape index (κ2) is 8.68. The second-order valence-corrected chi connectivity index (χ2v) is 7.36. The Balaban J connectivity index is 1.91. The average Bonchev–Trinajstić information content (AvgIpc) is 2.62. The SMILES string of the molecule is CC[C@@](C)(CNC(=O)N[C@H](C)c1cc(C)ccc1C)N1CCOCC1. The van der Waals surface area contributed by atoms with Crippen molar-refractivity contribution in [3.05, 3.63) is 34.9 Å². The lowest BCUT2D eigenvalue weighted by molar-refractivity contribution is -0.0165. The molecule has 1 aliphatic heterocycles. The Labute approximate surface area is 152 Å². The van der Waals surface area contributed by atoms with Crippen LogP contribution in [0.1, 0.15) is 49.9 Å². The van der Waals surface area contributed by atoms with E-state index in [1.54, 1.807) is 0 Å². The largest absolute Gasteiger partial charge is 0.379 e. The number of urea groups is 1. The van der Waals surface area contributed by atoms with Gasteiger partial charge in [-0.15, -0.1) is 0 Å². The van der Waals surface area contributed by atoms with Crippen LogP contribution in [0.25, 0.3) is 0 Å². The summed E-state index contributed by atoms with van der Waals surface area (Å²) < 4.78 is 5.45. The maximum Gasteiger partial charge on any atom is 0.315 e. The van der Waals surface area contributed by atoms with Gasteiger partial charge in [-0.2, -0.15) is 0 Å². The molecule has 140 valence electrons. The van der Waals surface area contributed by atoms with Crippen molar-refractivity contribution in [2.75, 3.05) is 32.8 Å². The first-order chi connectivity index (χ1) is 11.9. The number of hydrogen-bond donors (Lipinski definition) is 2. The highest BCUT2D eigenvalue weighted by atomic mass is 16.5. The summed E-state index contributed by atoms with van der Waals surface area (Å²) in [7, 11) is 0. The smallest absolute Gasteiger partial charge is 0.315 e. The zero-order valence-corrected chi connectivity index (χ0v) is 16.3. The first-order valence-corrected chi connectivity index (χ1v) is 9.30. The van der Waals surface area contributed by atoms with E-state index < -0.39 is 0 Å². The summed E-state index contributed by atoms with van der Waals surface area (Å²) >= 11 is 0. The molecule has 2 N–H and O–H groups in total. The topological polar surface area (TPSA) is 53.6 Å². The molecule has 25 heavy (non-hydrogen) atoms. The van der Waals surface area contributed by atoms with Gasteiger partial charge in [-0.05, 0) is 45.2 Å². The van der Waals surface area contributed by atoms with Crippen LogP contribution in [0.15, 0.2) is 18.2 Å². The third kappa shape index (κ3) is 5.19. The maximum atomic E-state index is 12.4. The molecule has 0 radical (unpaired) electrons.